The molecule has 6 nitrogen and oxygen atoms in total. The summed E-state index contributed by atoms with van der Waals surface area (Å²) >= 11 is 0. The zero-order valence-electron chi connectivity index (χ0n) is 15.6. The van der Waals surface area contributed by atoms with E-state index in [1.807, 2.05) is 0 Å². The van der Waals surface area contributed by atoms with Gasteiger partial charge in [-0.2, -0.15) is 0 Å². The standard InChI is InChI=1S/C18H36N4O2/c1-17(2)16-24-18(23)15-22-9-4-8-20-10-6-19-5-3-7-21(12-11-20)13-14-22/h17,19H,3-16H2,1-2H3. The van der Waals surface area contributed by atoms with Gasteiger partial charge in [0, 0.05) is 45.8 Å². The first-order chi connectivity index (χ1) is 11.6. The molecule has 0 aromatic rings. The predicted octanol–water partition coefficient (Wildman–Crippen LogP) is 0.489. The summed E-state index contributed by atoms with van der Waals surface area (Å²) in [7, 11) is 0. The van der Waals surface area contributed by atoms with Crippen LogP contribution in [0.2, 0.25) is 0 Å². The van der Waals surface area contributed by atoms with E-state index in [4.69, 9.17) is 4.74 Å². The second-order valence-corrected chi connectivity index (χ2v) is 7.49. The molecular weight excluding hydrogens is 304 g/mol. The number of fused-ring (bicyclic) bond motifs is 3. The Labute approximate surface area is 147 Å². The van der Waals surface area contributed by atoms with Gasteiger partial charge < -0.3 is 19.9 Å². The fourth-order valence-electron chi connectivity index (χ4n) is 3.30. The van der Waals surface area contributed by atoms with Gasteiger partial charge in [0.15, 0.2) is 0 Å². The third-order valence-electron chi connectivity index (χ3n) is 4.78. The zero-order chi connectivity index (χ0) is 17.2. The highest BCUT2D eigenvalue weighted by Gasteiger charge is 2.18. The van der Waals surface area contributed by atoms with Gasteiger partial charge in [-0.25, -0.2) is 0 Å². The Kier molecular flexibility index (Phi) is 9.02. The van der Waals surface area contributed by atoms with E-state index in [2.05, 4.69) is 33.9 Å². The molecule has 0 radical (unpaired) electrons. The molecule has 2 aliphatic heterocycles. The van der Waals surface area contributed by atoms with Crippen molar-refractivity contribution in [1.29, 1.82) is 0 Å². The third-order valence-corrected chi connectivity index (χ3v) is 4.78. The summed E-state index contributed by atoms with van der Waals surface area (Å²) in [5.74, 6) is 0.325. The minimum Gasteiger partial charge on any atom is -0.464 e. The van der Waals surface area contributed by atoms with Crippen molar-refractivity contribution in [3.63, 3.8) is 0 Å². The number of rotatable bonds is 4. The van der Waals surface area contributed by atoms with Crippen molar-refractivity contribution in [2.45, 2.75) is 26.7 Å². The maximum Gasteiger partial charge on any atom is 0.320 e. The van der Waals surface area contributed by atoms with Crippen molar-refractivity contribution in [2.75, 3.05) is 78.6 Å². The van der Waals surface area contributed by atoms with Gasteiger partial charge in [0.1, 0.15) is 0 Å². The van der Waals surface area contributed by atoms with Crippen LogP contribution in [-0.2, 0) is 9.53 Å². The van der Waals surface area contributed by atoms with Crippen molar-refractivity contribution in [3.8, 4) is 0 Å². The van der Waals surface area contributed by atoms with Gasteiger partial charge in [0.05, 0.1) is 13.2 Å². The quantitative estimate of drug-likeness (QED) is 0.752. The third kappa shape index (κ3) is 7.92. The molecule has 2 aliphatic rings. The fourth-order valence-corrected chi connectivity index (χ4v) is 3.30. The molecule has 0 aromatic heterocycles. The maximum atomic E-state index is 12.1. The lowest BCUT2D eigenvalue weighted by Crippen LogP contribution is -2.47. The number of nitrogens with one attached hydrogen (secondary N) is 1. The Hall–Kier alpha value is -0.690. The van der Waals surface area contributed by atoms with Crippen LogP contribution in [0.1, 0.15) is 26.7 Å². The highest BCUT2D eigenvalue weighted by Crippen LogP contribution is 2.04. The van der Waals surface area contributed by atoms with Crippen LogP contribution in [0.5, 0.6) is 0 Å². The molecule has 2 unspecified atom stereocenters. The van der Waals surface area contributed by atoms with Crippen molar-refractivity contribution in [2.24, 2.45) is 5.92 Å². The van der Waals surface area contributed by atoms with Gasteiger partial charge in [-0.05, 0) is 38.4 Å². The van der Waals surface area contributed by atoms with E-state index < -0.39 is 0 Å². The minimum absolute atomic E-state index is 0.0746. The van der Waals surface area contributed by atoms with Crippen LogP contribution in [-0.4, -0.2) is 99.3 Å². The lowest BCUT2D eigenvalue weighted by molar-refractivity contribution is -0.146. The van der Waals surface area contributed by atoms with E-state index in [0.717, 1.165) is 71.9 Å². The van der Waals surface area contributed by atoms with E-state index in [1.165, 1.54) is 6.42 Å². The van der Waals surface area contributed by atoms with E-state index in [-0.39, 0.29) is 5.97 Å². The summed E-state index contributed by atoms with van der Waals surface area (Å²) in [6.07, 6.45) is 2.33. The first-order valence-corrected chi connectivity index (χ1v) is 9.67. The van der Waals surface area contributed by atoms with Crippen LogP contribution in [0.25, 0.3) is 0 Å². The molecule has 0 saturated carbocycles. The molecule has 1 N–H and O–H groups in total. The largest absolute Gasteiger partial charge is 0.464 e. The van der Waals surface area contributed by atoms with Gasteiger partial charge in [-0.15, -0.1) is 0 Å². The predicted molar refractivity (Wildman–Crippen MR) is 97.2 cm³/mol. The van der Waals surface area contributed by atoms with Crippen LogP contribution < -0.4 is 5.32 Å². The molecule has 24 heavy (non-hydrogen) atoms. The smallest absolute Gasteiger partial charge is 0.320 e. The summed E-state index contributed by atoms with van der Waals surface area (Å²) in [6.45, 7) is 16.0. The SMILES string of the molecule is CC(C)COC(=O)CN1CCCN2CCNCCCN(CC2)CC1. The van der Waals surface area contributed by atoms with Crippen LogP contribution >= 0.6 is 0 Å². The highest BCUT2D eigenvalue weighted by atomic mass is 16.5. The zero-order valence-corrected chi connectivity index (χ0v) is 15.6. The molecule has 2 atom stereocenters. The van der Waals surface area contributed by atoms with Gasteiger partial charge in [-0.3, -0.25) is 9.69 Å². The Bertz CT molecular complexity index is 365. The van der Waals surface area contributed by atoms with Crippen LogP contribution in [0, 0.1) is 5.92 Å². The average Bonchev–Trinajstić information content (AvgIpc) is 2.57. The maximum absolute atomic E-state index is 12.1. The topological polar surface area (TPSA) is 48.1 Å². The van der Waals surface area contributed by atoms with E-state index in [9.17, 15) is 4.79 Å². The summed E-state index contributed by atoms with van der Waals surface area (Å²) < 4.78 is 5.36. The monoisotopic (exact) mass is 340 g/mol. The molecule has 2 rings (SSSR count). The van der Waals surface area contributed by atoms with E-state index in [0.29, 0.717) is 19.1 Å². The van der Waals surface area contributed by atoms with Gasteiger partial charge >= 0.3 is 5.97 Å². The van der Waals surface area contributed by atoms with Gasteiger partial charge in [0.2, 0.25) is 0 Å². The van der Waals surface area contributed by atoms with Gasteiger partial charge in [0.25, 0.3) is 0 Å². The number of hydrogen-bond acceptors (Lipinski definition) is 6. The molecular formula is C18H36N4O2. The van der Waals surface area contributed by atoms with Crippen LogP contribution in [0.4, 0.5) is 0 Å². The second kappa shape index (κ2) is 11.0. The molecule has 0 amide bonds. The number of hydrogen-bond donors (Lipinski definition) is 1. The number of nitrogens with zero attached hydrogens (tertiary/aromatic N) is 3. The Morgan fingerprint density at radius 2 is 1.62 bits per heavy atom. The minimum atomic E-state index is -0.0746. The Balaban J connectivity index is 1.86. The van der Waals surface area contributed by atoms with Gasteiger partial charge in [-0.1, -0.05) is 13.8 Å². The second-order valence-electron chi connectivity index (χ2n) is 7.49. The van der Waals surface area contributed by atoms with Crippen LogP contribution in [0.3, 0.4) is 0 Å². The number of carbonyl (C=O) groups is 1. The normalized spacial score (nSPS) is 27.8. The summed E-state index contributed by atoms with van der Waals surface area (Å²) in [4.78, 5) is 19.5. The summed E-state index contributed by atoms with van der Waals surface area (Å²) in [5, 5.41) is 3.54. The molecule has 0 spiro atoms. The lowest BCUT2D eigenvalue weighted by atomic mass is 10.2. The lowest BCUT2D eigenvalue weighted by Gasteiger charge is -2.33. The molecule has 0 aromatic carbocycles. The average molecular weight is 341 g/mol. The molecule has 2 bridgehead atoms. The first-order valence-electron chi connectivity index (χ1n) is 9.67. The fraction of sp³-hybridized carbons (Fsp3) is 0.944. The molecule has 2 saturated heterocycles. The summed E-state index contributed by atoms with van der Waals surface area (Å²) in [6, 6.07) is 0. The van der Waals surface area contributed by atoms with Crippen molar-refractivity contribution in [3.05, 3.63) is 0 Å². The molecule has 140 valence electrons. The molecule has 2 heterocycles. The number of ether oxygens (including phenoxy) is 1. The Morgan fingerprint density at radius 1 is 0.917 bits per heavy atom. The first kappa shape index (κ1) is 19.6. The van der Waals surface area contributed by atoms with Crippen molar-refractivity contribution < 1.29 is 9.53 Å². The van der Waals surface area contributed by atoms with E-state index in [1.54, 1.807) is 0 Å². The summed E-state index contributed by atoms with van der Waals surface area (Å²) in [5.41, 5.74) is 0. The number of esters is 1. The molecule has 2 fully saturated rings. The van der Waals surface area contributed by atoms with E-state index >= 15 is 0 Å². The van der Waals surface area contributed by atoms with Crippen molar-refractivity contribution in [1.82, 2.24) is 20.0 Å². The van der Waals surface area contributed by atoms with Crippen molar-refractivity contribution >= 4 is 5.97 Å². The molecule has 0 aliphatic carbocycles. The highest BCUT2D eigenvalue weighted by molar-refractivity contribution is 5.71. The Morgan fingerprint density at radius 3 is 2.42 bits per heavy atom. The number of carbonyl (C=O) groups excluding carboxylic acids is 1. The van der Waals surface area contributed by atoms with Crippen LogP contribution in [0.15, 0.2) is 0 Å². The molecule has 6 heteroatoms.